The molecule has 0 saturated carbocycles. The molecule has 0 radical (unpaired) electrons. The molecule has 2 rings (SSSR count). The molecule has 3 amide bonds. The summed E-state index contributed by atoms with van der Waals surface area (Å²) in [5, 5.41) is 3.84. The van der Waals surface area contributed by atoms with Crippen molar-refractivity contribution >= 4 is 17.7 Å². The van der Waals surface area contributed by atoms with E-state index >= 15 is 0 Å². The first kappa shape index (κ1) is 14.0. The van der Waals surface area contributed by atoms with Gasteiger partial charge >= 0.3 is 0 Å². The number of nitrogens with zero attached hydrogens (tertiary/aromatic N) is 1. The van der Waals surface area contributed by atoms with Crippen LogP contribution in [-0.2, 0) is 20.8 Å². The van der Waals surface area contributed by atoms with E-state index in [2.05, 4.69) is 10.7 Å². The summed E-state index contributed by atoms with van der Waals surface area (Å²) in [5.74, 6) is -1.98. The molecule has 2 N–H and O–H groups in total. The Kier molecular flexibility index (Phi) is 4.34. The second-order valence-electron chi connectivity index (χ2n) is 4.72. The van der Waals surface area contributed by atoms with E-state index in [4.69, 9.17) is 0 Å². The van der Waals surface area contributed by atoms with Gasteiger partial charge in [0.05, 0.1) is 0 Å². The van der Waals surface area contributed by atoms with Gasteiger partial charge in [-0.1, -0.05) is 30.3 Å². The highest BCUT2D eigenvalue weighted by molar-refractivity contribution is 6.07. The summed E-state index contributed by atoms with van der Waals surface area (Å²) in [7, 11) is 1.47. The van der Waals surface area contributed by atoms with Crippen LogP contribution in [0, 0.1) is 5.92 Å². The standard InChI is InChI=1S/C14H17N3O3/c1-17-14(20)11(13(19)16-17)9-12(18)15-8-7-10-5-3-2-4-6-10/h2-6,11H,7-9H2,1H3,(H,15,18)(H,16,19). The Bertz CT molecular complexity index is 516. The lowest BCUT2D eigenvalue weighted by Crippen LogP contribution is -2.31. The summed E-state index contributed by atoms with van der Waals surface area (Å²) < 4.78 is 0. The molecule has 6 heteroatoms. The van der Waals surface area contributed by atoms with Crippen molar-refractivity contribution in [2.45, 2.75) is 12.8 Å². The lowest BCUT2D eigenvalue weighted by atomic mass is 10.0. The molecule has 1 aromatic rings. The molecule has 1 heterocycles. The minimum absolute atomic E-state index is 0.107. The Morgan fingerprint density at radius 3 is 2.60 bits per heavy atom. The maximum atomic E-state index is 11.7. The number of benzene rings is 1. The second kappa shape index (κ2) is 6.18. The molecule has 20 heavy (non-hydrogen) atoms. The quantitative estimate of drug-likeness (QED) is 0.734. The van der Waals surface area contributed by atoms with Gasteiger partial charge in [0, 0.05) is 20.0 Å². The van der Waals surface area contributed by atoms with E-state index in [9.17, 15) is 14.4 Å². The third kappa shape index (κ3) is 3.34. The summed E-state index contributed by atoms with van der Waals surface area (Å²) in [6.45, 7) is 0.487. The van der Waals surface area contributed by atoms with E-state index in [-0.39, 0.29) is 18.2 Å². The molecule has 1 saturated heterocycles. The van der Waals surface area contributed by atoms with Crippen molar-refractivity contribution in [3.05, 3.63) is 35.9 Å². The van der Waals surface area contributed by atoms with Gasteiger partial charge in [-0.2, -0.15) is 0 Å². The van der Waals surface area contributed by atoms with Crippen molar-refractivity contribution in [2.75, 3.05) is 13.6 Å². The highest BCUT2D eigenvalue weighted by Crippen LogP contribution is 2.12. The minimum Gasteiger partial charge on any atom is -0.356 e. The lowest BCUT2D eigenvalue weighted by molar-refractivity contribution is -0.135. The molecular formula is C14H17N3O3. The third-order valence-corrected chi connectivity index (χ3v) is 3.19. The van der Waals surface area contributed by atoms with Crippen LogP contribution in [0.3, 0.4) is 0 Å². The van der Waals surface area contributed by atoms with Crippen molar-refractivity contribution in [1.82, 2.24) is 15.8 Å². The smallest absolute Gasteiger partial charge is 0.253 e. The van der Waals surface area contributed by atoms with Crippen LogP contribution in [0.4, 0.5) is 0 Å². The molecule has 1 fully saturated rings. The van der Waals surface area contributed by atoms with Crippen LogP contribution in [0.5, 0.6) is 0 Å². The summed E-state index contributed by atoms with van der Waals surface area (Å²) in [5.41, 5.74) is 3.50. The molecule has 1 aliphatic rings. The Labute approximate surface area is 117 Å². The molecular weight excluding hydrogens is 258 g/mol. The van der Waals surface area contributed by atoms with Crippen molar-refractivity contribution < 1.29 is 14.4 Å². The highest BCUT2D eigenvalue weighted by atomic mass is 16.2. The number of hydrazine groups is 1. The summed E-state index contributed by atoms with van der Waals surface area (Å²) in [4.78, 5) is 34.8. The van der Waals surface area contributed by atoms with Crippen LogP contribution < -0.4 is 10.7 Å². The van der Waals surface area contributed by atoms with Gasteiger partial charge in [-0.3, -0.25) is 24.8 Å². The summed E-state index contributed by atoms with van der Waals surface area (Å²) >= 11 is 0. The van der Waals surface area contributed by atoms with Gasteiger partial charge in [-0.05, 0) is 12.0 Å². The predicted octanol–water partition coefficient (Wildman–Crippen LogP) is -0.145. The maximum Gasteiger partial charge on any atom is 0.253 e. The number of hydrogen-bond donors (Lipinski definition) is 2. The van der Waals surface area contributed by atoms with Crippen LogP contribution >= 0.6 is 0 Å². The van der Waals surface area contributed by atoms with Crippen LogP contribution in [0.25, 0.3) is 0 Å². The van der Waals surface area contributed by atoms with Crippen LogP contribution in [0.15, 0.2) is 30.3 Å². The van der Waals surface area contributed by atoms with Gasteiger partial charge in [0.2, 0.25) is 5.91 Å². The van der Waals surface area contributed by atoms with Gasteiger partial charge in [-0.15, -0.1) is 0 Å². The SMILES string of the molecule is CN1NC(=O)C(CC(=O)NCCc2ccccc2)C1=O. The first-order chi connectivity index (χ1) is 9.58. The highest BCUT2D eigenvalue weighted by Gasteiger charge is 2.38. The van der Waals surface area contributed by atoms with Gasteiger partial charge in [0.1, 0.15) is 5.92 Å². The molecule has 1 unspecified atom stereocenters. The number of nitrogens with one attached hydrogen (secondary N) is 2. The van der Waals surface area contributed by atoms with Gasteiger partial charge in [0.25, 0.3) is 11.8 Å². The topological polar surface area (TPSA) is 78.5 Å². The first-order valence-corrected chi connectivity index (χ1v) is 6.46. The summed E-state index contributed by atoms with van der Waals surface area (Å²) in [6.07, 6.45) is 0.612. The molecule has 1 aromatic carbocycles. The average molecular weight is 275 g/mol. The van der Waals surface area contributed by atoms with Crippen molar-refractivity contribution in [2.24, 2.45) is 5.92 Å². The molecule has 106 valence electrons. The van der Waals surface area contributed by atoms with E-state index in [1.807, 2.05) is 30.3 Å². The Morgan fingerprint density at radius 1 is 1.30 bits per heavy atom. The van der Waals surface area contributed by atoms with Crippen molar-refractivity contribution in [3.8, 4) is 0 Å². The van der Waals surface area contributed by atoms with Gasteiger partial charge in [0.15, 0.2) is 0 Å². The average Bonchev–Trinajstić information content (AvgIpc) is 2.67. The molecule has 1 aliphatic heterocycles. The van der Waals surface area contributed by atoms with Gasteiger partial charge < -0.3 is 5.32 Å². The normalized spacial score (nSPS) is 18.1. The minimum atomic E-state index is -0.906. The van der Waals surface area contributed by atoms with Crippen LogP contribution in [0.1, 0.15) is 12.0 Å². The number of amides is 3. The van der Waals surface area contributed by atoms with Gasteiger partial charge in [-0.25, -0.2) is 0 Å². The first-order valence-electron chi connectivity index (χ1n) is 6.46. The Hall–Kier alpha value is -2.37. The van der Waals surface area contributed by atoms with E-state index in [0.29, 0.717) is 6.54 Å². The Morgan fingerprint density at radius 2 is 2.00 bits per heavy atom. The largest absolute Gasteiger partial charge is 0.356 e. The zero-order valence-corrected chi connectivity index (χ0v) is 11.3. The summed E-state index contributed by atoms with van der Waals surface area (Å²) in [6, 6.07) is 9.77. The number of carbonyl (C=O) groups is 3. The monoisotopic (exact) mass is 275 g/mol. The maximum absolute atomic E-state index is 11.7. The predicted molar refractivity (Wildman–Crippen MR) is 72.2 cm³/mol. The fraction of sp³-hybridized carbons (Fsp3) is 0.357. The zero-order chi connectivity index (χ0) is 14.5. The molecule has 0 aromatic heterocycles. The molecule has 0 aliphatic carbocycles. The second-order valence-corrected chi connectivity index (χ2v) is 4.72. The van der Waals surface area contributed by atoms with E-state index in [1.165, 1.54) is 7.05 Å². The van der Waals surface area contributed by atoms with Crippen molar-refractivity contribution in [3.63, 3.8) is 0 Å². The lowest BCUT2D eigenvalue weighted by Gasteiger charge is -2.08. The third-order valence-electron chi connectivity index (χ3n) is 3.19. The number of hydrogen-bond acceptors (Lipinski definition) is 3. The molecule has 0 spiro atoms. The van der Waals surface area contributed by atoms with E-state index in [0.717, 1.165) is 17.0 Å². The number of rotatable bonds is 5. The Balaban J connectivity index is 1.76. The van der Waals surface area contributed by atoms with Crippen LogP contribution in [-0.4, -0.2) is 36.3 Å². The fourth-order valence-corrected chi connectivity index (χ4v) is 2.07. The number of carbonyl (C=O) groups excluding carboxylic acids is 3. The van der Waals surface area contributed by atoms with Crippen molar-refractivity contribution in [1.29, 1.82) is 0 Å². The fourth-order valence-electron chi connectivity index (χ4n) is 2.07. The van der Waals surface area contributed by atoms with E-state index < -0.39 is 11.8 Å². The molecule has 0 bridgehead atoms. The van der Waals surface area contributed by atoms with Crippen LogP contribution in [0.2, 0.25) is 0 Å². The molecule has 1 atom stereocenters. The molecule has 6 nitrogen and oxygen atoms in total. The zero-order valence-electron chi connectivity index (χ0n) is 11.3. The van der Waals surface area contributed by atoms with E-state index in [1.54, 1.807) is 0 Å².